The molecule has 0 aliphatic heterocycles. The van der Waals surface area contributed by atoms with Crippen LogP contribution in [0, 0.1) is 5.92 Å². The van der Waals surface area contributed by atoms with E-state index in [0.29, 0.717) is 0 Å². The van der Waals surface area contributed by atoms with Gasteiger partial charge in [-0.3, -0.25) is 0 Å². The van der Waals surface area contributed by atoms with Crippen LogP contribution in [0.25, 0.3) is 10.8 Å². The van der Waals surface area contributed by atoms with Crippen molar-refractivity contribution in [3.8, 4) is 5.75 Å². The topological polar surface area (TPSA) is 55.5 Å². The Labute approximate surface area is 126 Å². The quantitative estimate of drug-likeness (QED) is 0.891. The van der Waals surface area contributed by atoms with Gasteiger partial charge in [0, 0.05) is 11.4 Å². The van der Waals surface area contributed by atoms with E-state index in [4.69, 9.17) is 10.5 Å². The summed E-state index contributed by atoms with van der Waals surface area (Å²) in [7, 11) is 0. The Morgan fingerprint density at radius 2 is 1.75 bits per heavy atom. The van der Waals surface area contributed by atoms with Gasteiger partial charge in [-0.1, -0.05) is 50.2 Å². The lowest BCUT2D eigenvalue weighted by molar-refractivity contribution is 0.0721. The van der Waals surface area contributed by atoms with Crippen molar-refractivity contribution in [3.63, 3.8) is 0 Å². The molecule has 3 N–H and O–H groups in total. The van der Waals surface area contributed by atoms with Gasteiger partial charge in [-0.05, 0) is 17.4 Å². The van der Waals surface area contributed by atoms with Crippen LogP contribution in [0.15, 0.2) is 42.5 Å². The van der Waals surface area contributed by atoms with Gasteiger partial charge in [0.05, 0.1) is 0 Å². The molecular weight excluding hydrogens is 274 g/mol. The molecule has 0 bridgehead atoms. The fourth-order valence-electron chi connectivity index (χ4n) is 2.05. The van der Waals surface area contributed by atoms with Crippen LogP contribution in [0.3, 0.4) is 0 Å². The van der Waals surface area contributed by atoms with Crippen LogP contribution in [0.5, 0.6) is 5.75 Å². The molecule has 20 heavy (non-hydrogen) atoms. The molecule has 2 unspecified atom stereocenters. The number of fused-ring (bicyclic) bond motifs is 1. The minimum absolute atomic E-state index is 0. The molecule has 0 spiro atoms. The fourth-order valence-corrected chi connectivity index (χ4v) is 2.05. The summed E-state index contributed by atoms with van der Waals surface area (Å²) in [6, 6.07) is 13.7. The van der Waals surface area contributed by atoms with Gasteiger partial charge < -0.3 is 15.6 Å². The summed E-state index contributed by atoms with van der Waals surface area (Å²) in [5.74, 6) is 1.01. The molecule has 0 fully saturated rings. The van der Waals surface area contributed by atoms with Crippen molar-refractivity contribution in [1.82, 2.24) is 0 Å². The van der Waals surface area contributed by atoms with Gasteiger partial charge in [-0.2, -0.15) is 0 Å². The molecule has 2 atom stereocenters. The summed E-state index contributed by atoms with van der Waals surface area (Å²) >= 11 is 0. The molecule has 2 aromatic carbocycles. The van der Waals surface area contributed by atoms with Crippen LogP contribution in [-0.2, 0) is 0 Å². The van der Waals surface area contributed by atoms with E-state index in [1.54, 1.807) is 0 Å². The minimum atomic E-state index is -0.654. The van der Waals surface area contributed by atoms with E-state index in [1.165, 1.54) is 0 Å². The van der Waals surface area contributed by atoms with Crippen LogP contribution in [0.1, 0.15) is 13.8 Å². The highest BCUT2D eigenvalue weighted by atomic mass is 35.5. The largest absolute Gasteiger partial charge is 0.490 e. The molecule has 0 saturated heterocycles. The van der Waals surface area contributed by atoms with Gasteiger partial charge in [0.1, 0.15) is 18.5 Å². The third-order valence-corrected chi connectivity index (χ3v) is 3.37. The number of rotatable bonds is 5. The lowest BCUT2D eigenvalue weighted by atomic mass is 10.0. The molecule has 3 nitrogen and oxygen atoms in total. The first-order valence-corrected chi connectivity index (χ1v) is 6.64. The zero-order valence-electron chi connectivity index (χ0n) is 11.8. The standard InChI is InChI=1S/C16H21NO2.ClH/c1-11(2)16(17)14(18)10-19-15-9-5-7-12-6-3-4-8-13(12)15;/h3-9,11,14,16,18H,10,17H2,1-2H3;1H. The number of aliphatic hydroxyl groups is 1. The second kappa shape index (κ2) is 7.48. The molecule has 0 amide bonds. The number of hydrogen-bond donors (Lipinski definition) is 2. The van der Waals surface area contributed by atoms with E-state index >= 15 is 0 Å². The number of nitrogens with two attached hydrogens (primary N) is 1. The molecule has 0 aliphatic carbocycles. The summed E-state index contributed by atoms with van der Waals surface area (Å²) in [4.78, 5) is 0. The molecule has 4 heteroatoms. The van der Waals surface area contributed by atoms with E-state index in [0.717, 1.165) is 16.5 Å². The maximum atomic E-state index is 9.97. The van der Waals surface area contributed by atoms with Crippen molar-refractivity contribution in [2.45, 2.75) is 26.0 Å². The lowest BCUT2D eigenvalue weighted by Gasteiger charge is -2.22. The van der Waals surface area contributed by atoms with Gasteiger partial charge in [0.2, 0.25) is 0 Å². The Bertz CT molecular complexity index is 539. The van der Waals surface area contributed by atoms with Gasteiger partial charge in [-0.25, -0.2) is 0 Å². The number of benzene rings is 2. The molecule has 0 aliphatic rings. The van der Waals surface area contributed by atoms with Gasteiger partial charge in [0.15, 0.2) is 0 Å². The Morgan fingerprint density at radius 3 is 2.45 bits per heavy atom. The molecule has 0 saturated carbocycles. The number of aliphatic hydroxyl groups excluding tert-OH is 1. The monoisotopic (exact) mass is 295 g/mol. The minimum Gasteiger partial charge on any atom is -0.490 e. The number of halogens is 1. The van der Waals surface area contributed by atoms with Crippen molar-refractivity contribution < 1.29 is 9.84 Å². The first-order chi connectivity index (χ1) is 9.09. The van der Waals surface area contributed by atoms with Crippen LogP contribution in [0.4, 0.5) is 0 Å². The third kappa shape index (κ3) is 3.85. The Hall–Kier alpha value is -1.29. The first kappa shape index (κ1) is 16.8. The zero-order chi connectivity index (χ0) is 13.8. The van der Waals surface area contributed by atoms with Crippen molar-refractivity contribution in [1.29, 1.82) is 0 Å². The fraction of sp³-hybridized carbons (Fsp3) is 0.375. The predicted molar refractivity (Wildman–Crippen MR) is 85.5 cm³/mol. The summed E-state index contributed by atoms with van der Waals surface area (Å²) in [6.45, 7) is 4.20. The maximum Gasteiger partial charge on any atom is 0.127 e. The van der Waals surface area contributed by atoms with Crippen molar-refractivity contribution in [2.24, 2.45) is 11.7 Å². The molecule has 110 valence electrons. The van der Waals surface area contributed by atoms with E-state index in [-0.39, 0.29) is 31.0 Å². The summed E-state index contributed by atoms with van der Waals surface area (Å²) in [5, 5.41) is 12.2. The second-order valence-electron chi connectivity index (χ2n) is 5.18. The molecule has 0 radical (unpaired) electrons. The maximum absolute atomic E-state index is 9.97. The van der Waals surface area contributed by atoms with Crippen LogP contribution < -0.4 is 10.5 Å². The van der Waals surface area contributed by atoms with E-state index in [9.17, 15) is 5.11 Å². The Morgan fingerprint density at radius 1 is 1.10 bits per heavy atom. The zero-order valence-corrected chi connectivity index (χ0v) is 12.6. The third-order valence-electron chi connectivity index (χ3n) is 3.37. The Kier molecular flexibility index (Phi) is 6.27. The number of hydrogen-bond acceptors (Lipinski definition) is 3. The summed E-state index contributed by atoms with van der Waals surface area (Å²) in [6.07, 6.45) is -0.654. The van der Waals surface area contributed by atoms with Crippen LogP contribution in [-0.4, -0.2) is 23.9 Å². The SMILES string of the molecule is CC(C)C(N)C(O)COc1cccc2ccccc12.Cl. The smallest absolute Gasteiger partial charge is 0.127 e. The average Bonchev–Trinajstić information content (AvgIpc) is 2.43. The first-order valence-electron chi connectivity index (χ1n) is 6.64. The molecular formula is C16H22ClNO2. The highest BCUT2D eigenvalue weighted by Crippen LogP contribution is 2.25. The average molecular weight is 296 g/mol. The number of ether oxygens (including phenoxy) is 1. The van der Waals surface area contributed by atoms with Crippen molar-refractivity contribution in [2.75, 3.05) is 6.61 Å². The predicted octanol–water partition coefficient (Wildman–Crippen LogP) is 2.98. The molecule has 2 aromatic rings. The van der Waals surface area contributed by atoms with E-state index in [2.05, 4.69) is 0 Å². The lowest BCUT2D eigenvalue weighted by Crippen LogP contribution is -2.42. The van der Waals surface area contributed by atoms with Crippen molar-refractivity contribution >= 4 is 23.2 Å². The van der Waals surface area contributed by atoms with E-state index < -0.39 is 6.10 Å². The summed E-state index contributed by atoms with van der Waals surface area (Å²) in [5.41, 5.74) is 5.91. The van der Waals surface area contributed by atoms with Crippen molar-refractivity contribution in [3.05, 3.63) is 42.5 Å². The van der Waals surface area contributed by atoms with Gasteiger partial charge in [0.25, 0.3) is 0 Å². The highest BCUT2D eigenvalue weighted by Gasteiger charge is 2.19. The summed E-state index contributed by atoms with van der Waals surface area (Å²) < 4.78 is 5.72. The molecule has 0 heterocycles. The van der Waals surface area contributed by atoms with Crippen LogP contribution in [0.2, 0.25) is 0 Å². The second-order valence-corrected chi connectivity index (χ2v) is 5.18. The van der Waals surface area contributed by atoms with Gasteiger partial charge >= 0.3 is 0 Å². The highest BCUT2D eigenvalue weighted by molar-refractivity contribution is 5.88. The van der Waals surface area contributed by atoms with Crippen LogP contribution >= 0.6 is 12.4 Å². The normalized spacial score (nSPS) is 13.8. The van der Waals surface area contributed by atoms with E-state index in [1.807, 2.05) is 56.3 Å². The molecule has 2 rings (SSSR count). The Balaban J connectivity index is 0.00000200. The molecule has 0 aromatic heterocycles. The van der Waals surface area contributed by atoms with Gasteiger partial charge in [-0.15, -0.1) is 12.4 Å².